The highest BCUT2D eigenvalue weighted by atomic mass is 32.2. The Morgan fingerprint density at radius 2 is 1.43 bits per heavy atom. The summed E-state index contributed by atoms with van der Waals surface area (Å²) in [5, 5.41) is 27.1. The van der Waals surface area contributed by atoms with Gasteiger partial charge in [0.2, 0.25) is 15.9 Å². The van der Waals surface area contributed by atoms with Gasteiger partial charge in [0.15, 0.2) is 0 Å². The molecule has 0 bridgehead atoms. The van der Waals surface area contributed by atoms with Gasteiger partial charge in [0.1, 0.15) is 18.1 Å². The van der Waals surface area contributed by atoms with E-state index in [0.29, 0.717) is 24.3 Å². The molecule has 0 fully saturated rings. The third-order valence-corrected chi connectivity index (χ3v) is 8.91. The van der Waals surface area contributed by atoms with E-state index in [4.69, 9.17) is 4.74 Å². The molecule has 0 aliphatic carbocycles. The molecule has 5 rings (SSSR count). The summed E-state index contributed by atoms with van der Waals surface area (Å²) in [7, 11) is -3.59. The lowest BCUT2D eigenvalue weighted by atomic mass is 9.93. The second-order valence-corrected chi connectivity index (χ2v) is 15.1. The molecule has 53 heavy (non-hydrogen) atoms. The van der Waals surface area contributed by atoms with Crippen molar-refractivity contribution in [2.75, 3.05) is 17.5 Å². The van der Waals surface area contributed by atoms with Crippen molar-refractivity contribution in [2.24, 2.45) is 0 Å². The second-order valence-electron chi connectivity index (χ2n) is 13.4. The summed E-state index contributed by atoms with van der Waals surface area (Å²) in [6, 6.07) is 37.5. The normalized spacial score (nSPS) is 11.9. The van der Waals surface area contributed by atoms with Gasteiger partial charge in [0.25, 0.3) is 0 Å². The molecule has 0 aliphatic rings. The monoisotopic (exact) mass is 737 g/mol. The molecule has 5 N–H and O–H groups in total. The fourth-order valence-electron chi connectivity index (χ4n) is 5.77. The van der Waals surface area contributed by atoms with Crippen LogP contribution in [-0.4, -0.2) is 42.9 Å². The number of hydrogen-bond acceptors (Lipinski definition) is 7. The minimum absolute atomic E-state index is 0.0797. The number of phenolic OH excluding ortho intramolecular Hbond substituents is 1. The molecule has 10 heteroatoms. The van der Waals surface area contributed by atoms with Crippen molar-refractivity contribution < 1.29 is 28.2 Å². The number of amides is 1. The molecule has 0 spiro atoms. The first-order valence-corrected chi connectivity index (χ1v) is 19.7. The summed E-state index contributed by atoms with van der Waals surface area (Å²) in [5.41, 5.74) is 6.26. The molecule has 1 unspecified atom stereocenters. The number of hydrogen-bond donors (Lipinski definition) is 5. The van der Waals surface area contributed by atoms with Crippen LogP contribution in [0.5, 0.6) is 11.5 Å². The van der Waals surface area contributed by atoms with E-state index >= 15 is 0 Å². The Kier molecular flexibility index (Phi) is 14.6. The van der Waals surface area contributed by atoms with E-state index in [1.54, 1.807) is 30.3 Å². The van der Waals surface area contributed by atoms with Gasteiger partial charge in [-0.3, -0.25) is 9.52 Å². The Morgan fingerprint density at radius 3 is 2.15 bits per heavy atom. The number of sulfonamides is 1. The third kappa shape index (κ3) is 13.4. The summed E-state index contributed by atoms with van der Waals surface area (Å²) in [6.07, 6.45) is 1.05. The van der Waals surface area contributed by atoms with Crippen molar-refractivity contribution in [3.63, 3.8) is 0 Å². The molecule has 0 saturated carbocycles. The van der Waals surface area contributed by atoms with Crippen LogP contribution in [0.25, 0.3) is 11.1 Å². The molecule has 1 atom stereocenters. The molecule has 0 heterocycles. The van der Waals surface area contributed by atoms with Gasteiger partial charge in [-0.25, -0.2) is 8.42 Å². The van der Waals surface area contributed by atoms with E-state index in [9.17, 15) is 23.4 Å². The highest BCUT2D eigenvalue weighted by Crippen LogP contribution is 2.30. The molecule has 9 nitrogen and oxygen atoms in total. The fourth-order valence-corrected chi connectivity index (χ4v) is 6.33. The van der Waals surface area contributed by atoms with Gasteiger partial charge in [-0.15, -0.1) is 0 Å². The van der Waals surface area contributed by atoms with Gasteiger partial charge in [-0.05, 0) is 89.5 Å². The van der Waals surface area contributed by atoms with E-state index in [1.807, 2.05) is 119 Å². The van der Waals surface area contributed by atoms with Crippen LogP contribution in [0.3, 0.4) is 0 Å². The Bertz CT molecular complexity index is 2030. The molecule has 0 radical (unpaired) electrons. The van der Waals surface area contributed by atoms with Gasteiger partial charge >= 0.3 is 0 Å². The first kappa shape index (κ1) is 40.6. The largest absolute Gasteiger partial charge is 0.508 e. The third-order valence-electron chi connectivity index (χ3n) is 8.31. The summed E-state index contributed by atoms with van der Waals surface area (Å²) in [5.74, 6) is 0.500. The maximum atomic E-state index is 12.9. The minimum Gasteiger partial charge on any atom is -0.508 e. The van der Waals surface area contributed by atoms with Crippen molar-refractivity contribution in [2.45, 2.75) is 65.3 Å². The number of anilines is 1. The van der Waals surface area contributed by atoms with Crippen LogP contribution in [0, 0.1) is 0 Å². The van der Waals surface area contributed by atoms with E-state index < -0.39 is 21.7 Å². The zero-order valence-electron chi connectivity index (χ0n) is 31.1. The number of β-amino-alcohol motifs (C(OH)–C–C–N with tert-alkyl or cyclic N) is 1. The molecule has 280 valence electrons. The van der Waals surface area contributed by atoms with Crippen LogP contribution >= 0.6 is 0 Å². The van der Waals surface area contributed by atoms with Gasteiger partial charge in [-0.1, -0.05) is 105 Å². The number of rotatable bonds is 16. The number of aliphatic hydroxyl groups is 1. The molecule has 1 amide bonds. The van der Waals surface area contributed by atoms with E-state index in [1.165, 1.54) is 0 Å². The number of aromatic hydroxyl groups is 1. The number of ether oxygens (including phenoxy) is 1. The topological polar surface area (TPSA) is 137 Å². The standard InChI is InChI=1S/C41H45N3O6S.C2H6/c1-41(2,43-27-38(46)35-17-20-39(37(24-35)44-51(3,48)49)50-28-29-9-5-4-6-10-29)25-31-12-7-11-30(21-31)23-40(47)42-26-32-13-8-14-34(22-32)33-15-18-36(45)19-16-33;1-2/h4-22,24,38,43-46H,23,25-28H2,1-3H3,(H,42,47);1-2H3. The van der Waals surface area contributed by atoms with Crippen LogP contribution in [0.1, 0.15) is 61.6 Å². The maximum Gasteiger partial charge on any atom is 0.229 e. The lowest BCUT2D eigenvalue weighted by Gasteiger charge is -2.28. The van der Waals surface area contributed by atoms with Crippen molar-refractivity contribution in [1.82, 2.24) is 10.6 Å². The number of carbonyl (C=O) groups excluding carboxylic acids is 1. The predicted octanol–water partition coefficient (Wildman–Crippen LogP) is 7.54. The molecule has 5 aromatic carbocycles. The molecule has 0 saturated heterocycles. The van der Waals surface area contributed by atoms with Crippen LogP contribution in [0.15, 0.2) is 121 Å². The van der Waals surface area contributed by atoms with Crippen molar-refractivity contribution in [3.05, 3.63) is 149 Å². The summed E-state index contributed by atoms with van der Waals surface area (Å²) >= 11 is 0. The molecule has 0 aliphatic heterocycles. The molecular weight excluding hydrogens is 687 g/mol. The Morgan fingerprint density at radius 1 is 0.774 bits per heavy atom. The summed E-state index contributed by atoms with van der Waals surface area (Å²) in [6.45, 7) is 8.98. The van der Waals surface area contributed by atoms with Gasteiger partial charge in [0, 0.05) is 18.6 Å². The molecule has 0 aromatic heterocycles. The Balaban J connectivity index is 0.00000308. The molecule has 5 aromatic rings. The zero-order chi connectivity index (χ0) is 38.4. The lowest BCUT2D eigenvalue weighted by molar-refractivity contribution is -0.120. The number of benzene rings is 5. The number of nitrogens with one attached hydrogen (secondary N) is 3. The smallest absolute Gasteiger partial charge is 0.229 e. The van der Waals surface area contributed by atoms with E-state index in [2.05, 4.69) is 15.4 Å². The van der Waals surface area contributed by atoms with Crippen LogP contribution in [-0.2, 0) is 40.8 Å². The van der Waals surface area contributed by atoms with Crippen molar-refractivity contribution in [3.8, 4) is 22.6 Å². The SMILES string of the molecule is CC.CC(C)(Cc1cccc(CC(=O)NCc2cccc(-c3ccc(O)cc3)c2)c1)NCC(O)c1ccc(OCc2ccccc2)c(NS(C)(=O)=O)c1. The first-order valence-electron chi connectivity index (χ1n) is 17.8. The first-order chi connectivity index (χ1) is 25.3. The van der Waals surface area contributed by atoms with Crippen molar-refractivity contribution >= 4 is 21.6 Å². The van der Waals surface area contributed by atoms with Crippen LogP contribution in [0.4, 0.5) is 5.69 Å². The van der Waals surface area contributed by atoms with Crippen LogP contribution < -0.4 is 20.1 Å². The number of carbonyl (C=O) groups is 1. The van der Waals surface area contributed by atoms with Gasteiger partial charge in [0.05, 0.1) is 24.5 Å². The summed E-state index contributed by atoms with van der Waals surface area (Å²) in [4.78, 5) is 12.9. The average Bonchev–Trinajstić information content (AvgIpc) is 3.13. The van der Waals surface area contributed by atoms with Gasteiger partial charge in [-0.2, -0.15) is 0 Å². The van der Waals surface area contributed by atoms with Crippen LogP contribution in [0.2, 0.25) is 0 Å². The van der Waals surface area contributed by atoms with E-state index in [0.717, 1.165) is 39.6 Å². The second kappa shape index (κ2) is 19.1. The maximum absolute atomic E-state index is 12.9. The number of phenols is 1. The zero-order valence-corrected chi connectivity index (χ0v) is 31.9. The Labute approximate surface area is 314 Å². The van der Waals surface area contributed by atoms with Gasteiger partial charge < -0.3 is 25.6 Å². The predicted molar refractivity (Wildman–Crippen MR) is 213 cm³/mol. The number of aliphatic hydroxyl groups excluding tert-OH is 1. The summed E-state index contributed by atoms with van der Waals surface area (Å²) < 4.78 is 32.6. The Hall–Kier alpha value is -5.16. The average molecular weight is 738 g/mol. The quantitative estimate of drug-likeness (QED) is 0.0706. The highest BCUT2D eigenvalue weighted by molar-refractivity contribution is 7.92. The van der Waals surface area contributed by atoms with E-state index in [-0.39, 0.29) is 36.9 Å². The lowest BCUT2D eigenvalue weighted by Crippen LogP contribution is -2.43. The minimum atomic E-state index is -3.59. The fraction of sp³-hybridized carbons (Fsp3) is 0.279. The highest BCUT2D eigenvalue weighted by Gasteiger charge is 2.21. The molecular formula is C43H51N3O6S. The van der Waals surface area contributed by atoms with Crippen molar-refractivity contribution in [1.29, 1.82) is 0 Å².